The molecule has 0 amide bonds. The van der Waals surface area contributed by atoms with Crippen LogP contribution in [0, 0.1) is 29.6 Å². The highest BCUT2D eigenvalue weighted by molar-refractivity contribution is 5.72. The summed E-state index contributed by atoms with van der Waals surface area (Å²) in [7, 11) is 1.50. The van der Waals surface area contributed by atoms with E-state index in [9.17, 15) is 4.79 Å². The van der Waals surface area contributed by atoms with Crippen LogP contribution in [-0.2, 0) is 9.53 Å². The van der Waals surface area contributed by atoms with Crippen LogP contribution in [0.1, 0.15) is 101 Å². The number of benzene rings is 1. The van der Waals surface area contributed by atoms with Crippen molar-refractivity contribution in [3.8, 4) is 0 Å². The molecule has 0 radical (unpaired) electrons. The number of hydrogen-bond acceptors (Lipinski definition) is 2. The van der Waals surface area contributed by atoms with Crippen molar-refractivity contribution in [3.63, 3.8) is 0 Å². The number of allylic oxidation sites excluding steroid dienone is 1. The molecular weight excluding hydrogens is 380 g/mol. The molecule has 4 rings (SSSR count). The van der Waals surface area contributed by atoms with E-state index >= 15 is 0 Å². The van der Waals surface area contributed by atoms with Crippen molar-refractivity contribution >= 4 is 12.0 Å². The van der Waals surface area contributed by atoms with E-state index < -0.39 is 0 Å². The third-order valence-electron chi connectivity index (χ3n) is 8.77. The molecule has 0 saturated heterocycles. The van der Waals surface area contributed by atoms with Gasteiger partial charge in [-0.3, -0.25) is 4.79 Å². The molecule has 0 N–H and O–H groups in total. The number of carbonyl (C=O) groups is 1. The summed E-state index contributed by atoms with van der Waals surface area (Å²) in [5.74, 6) is 4.45. The summed E-state index contributed by atoms with van der Waals surface area (Å²) < 4.78 is 4.92. The Morgan fingerprint density at radius 2 is 1.39 bits per heavy atom. The summed E-state index contributed by atoms with van der Waals surface area (Å²) in [5.41, 5.74) is 2.76. The fourth-order valence-electron chi connectivity index (χ4n) is 6.52. The number of rotatable bonds is 5. The number of methoxy groups -OCH3 is 1. The SMILES string of the molecule is COC(=O)C1CCC(c2ccc(/C=C/C3CCC(C4CCC(C)CC4)CC3)cc2)CC1. The average Bonchev–Trinajstić information content (AvgIpc) is 2.83. The Morgan fingerprint density at radius 1 is 0.806 bits per heavy atom. The molecule has 0 spiro atoms. The number of ether oxygens (including phenoxy) is 1. The second-order valence-corrected chi connectivity index (χ2v) is 10.8. The van der Waals surface area contributed by atoms with E-state index in [4.69, 9.17) is 4.74 Å². The van der Waals surface area contributed by atoms with Gasteiger partial charge in [0.25, 0.3) is 0 Å². The third-order valence-corrected chi connectivity index (χ3v) is 8.77. The first-order valence-corrected chi connectivity index (χ1v) is 13.0. The van der Waals surface area contributed by atoms with Gasteiger partial charge in [-0.1, -0.05) is 56.2 Å². The zero-order valence-corrected chi connectivity index (χ0v) is 19.7. The van der Waals surface area contributed by atoms with Gasteiger partial charge in [0, 0.05) is 0 Å². The molecule has 1 aromatic carbocycles. The fraction of sp³-hybridized carbons (Fsp3) is 0.690. The molecule has 1 aromatic rings. The van der Waals surface area contributed by atoms with Gasteiger partial charge in [-0.15, -0.1) is 0 Å². The van der Waals surface area contributed by atoms with Crippen molar-refractivity contribution in [3.05, 3.63) is 41.5 Å². The number of carbonyl (C=O) groups excluding carboxylic acids is 1. The Hall–Kier alpha value is -1.57. The zero-order chi connectivity index (χ0) is 21.6. The average molecular weight is 423 g/mol. The molecule has 0 heterocycles. The smallest absolute Gasteiger partial charge is 0.308 e. The summed E-state index contributed by atoms with van der Waals surface area (Å²) in [4.78, 5) is 11.7. The number of esters is 1. The highest BCUT2D eigenvalue weighted by Crippen LogP contribution is 2.41. The van der Waals surface area contributed by atoms with Gasteiger partial charge in [-0.25, -0.2) is 0 Å². The van der Waals surface area contributed by atoms with Crippen LogP contribution in [0.15, 0.2) is 30.3 Å². The van der Waals surface area contributed by atoms with E-state index in [2.05, 4.69) is 43.3 Å². The summed E-state index contributed by atoms with van der Waals surface area (Å²) >= 11 is 0. The zero-order valence-electron chi connectivity index (χ0n) is 19.7. The molecule has 0 aromatic heterocycles. The van der Waals surface area contributed by atoms with Crippen LogP contribution in [0.5, 0.6) is 0 Å². The summed E-state index contributed by atoms with van der Waals surface area (Å²) in [6, 6.07) is 9.19. The topological polar surface area (TPSA) is 26.3 Å². The molecule has 2 heteroatoms. The third kappa shape index (κ3) is 6.02. The van der Waals surface area contributed by atoms with Crippen molar-refractivity contribution in [1.82, 2.24) is 0 Å². The van der Waals surface area contributed by atoms with Gasteiger partial charge in [-0.2, -0.15) is 0 Å². The van der Waals surface area contributed by atoms with E-state index in [1.165, 1.54) is 69.6 Å². The second-order valence-electron chi connectivity index (χ2n) is 10.8. The van der Waals surface area contributed by atoms with Crippen molar-refractivity contribution < 1.29 is 9.53 Å². The highest BCUT2D eigenvalue weighted by Gasteiger charge is 2.29. The van der Waals surface area contributed by atoms with Crippen molar-refractivity contribution in [2.45, 2.75) is 89.9 Å². The van der Waals surface area contributed by atoms with E-state index in [-0.39, 0.29) is 11.9 Å². The molecule has 0 aliphatic heterocycles. The molecule has 0 atom stereocenters. The summed E-state index contributed by atoms with van der Waals surface area (Å²) in [5, 5.41) is 0. The van der Waals surface area contributed by atoms with Crippen LogP contribution < -0.4 is 0 Å². The predicted octanol–water partition coefficient (Wildman–Crippen LogP) is 7.78. The molecule has 2 nitrogen and oxygen atoms in total. The van der Waals surface area contributed by atoms with Crippen LogP contribution in [0.4, 0.5) is 0 Å². The minimum Gasteiger partial charge on any atom is -0.469 e. The Balaban J connectivity index is 1.22. The monoisotopic (exact) mass is 422 g/mol. The lowest BCUT2D eigenvalue weighted by Gasteiger charge is -2.36. The normalized spacial score (nSPS) is 34.5. The summed E-state index contributed by atoms with van der Waals surface area (Å²) in [6.45, 7) is 2.43. The second kappa shape index (κ2) is 10.8. The van der Waals surface area contributed by atoms with E-state index in [0.29, 0.717) is 5.92 Å². The maximum Gasteiger partial charge on any atom is 0.308 e. The molecule has 3 saturated carbocycles. The van der Waals surface area contributed by atoms with Gasteiger partial charge in [0.05, 0.1) is 13.0 Å². The van der Waals surface area contributed by atoms with Crippen molar-refractivity contribution in [2.24, 2.45) is 29.6 Å². The molecule has 3 aliphatic carbocycles. The molecule has 3 fully saturated rings. The van der Waals surface area contributed by atoms with Crippen LogP contribution >= 0.6 is 0 Å². The van der Waals surface area contributed by atoms with E-state index in [1.807, 2.05) is 0 Å². The van der Waals surface area contributed by atoms with E-state index in [0.717, 1.165) is 49.4 Å². The van der Waals surface area contributed by atoms with Crippen LogP contribution in [-0.4, -0.2) is 13.1 Å². The lowest BCUT2D eigenvalue weighted by Crippen LogP contribution is -2.24. The van der Waals surface area contributed by atoms with Crippen LogP contribution in [0.25, 0.3) is 6.08 Å². The van der Waals surface area contributed by atoms with Gasteiger partial charge in [0.1, 0.15) is 0 Å². The van der Waals surface area contributed by atoms with Crippen LogP contribution in [0.2, 0.25) is 0 Å². The van der Waals surface area contributed by atoms with Gasteiger partial charge in [0.15, 0.2) is 0 Å². The Kier molecular flexibility index (Phi) is 7.91. The first kappa shape index (κ1) is 22.6. The predicted molar refractivity (Wildman–Crippen MR) is 129 cm³/mol. The highest BCUT2D eigenvalue weighted by atomic mass is 16.5. The maximum atomic E-state index is 11.7. The molecule has 31 heavy (non-hydrogen) atoms. The quantitative estimate of drug-likeness (QED) is 0.453. The molecule has 170 valence electrons. The lowest BCUT2D eigenvalue weighted by molar-refractivity contribution is -0.146. The standard InChI is InChI=1S/C29H42O2/c1-21-3-11-24(12-4-21)25-13-7-22(8-14-25)5-6-23-9-15-26(16-10-23)27-17-19-28(20-18-27)29(30)31-2/h5-6,9-10,15-16,21-22,24-25,27-28H,3-4,7-8,11-14,17-20H2,1-2H3/b6-5+. The van der Waals surface area contributed by atoms with Gasteiger partial charge < -0.3 is 4.74 Å². The molecule has 3 aliphatic rings. The van der Waals surface area contributed by atoms with Gasteiger partial charge >= 0.3 is 5.97 Å². The van der Waals surface area contributed by atoms with Gasteiger partial charge in [0.2, 0.25) is 0 Å². The largest absolute Gasteiger partial charge is 0.469 e. The molecule has 0 bridgehead atoms. The molecular formula is C29H42O2. The minimum absolute atomic E-state index is 0.0266. The van der Waals surface area contributed by atoms with Crippen LogP contribution in [0.3, 0.4) is 0 Å². The maximum absolute atomic E-state index is 11.7. The van der Waals surface area contributed by atoms with E-state index in [1.54, 1.807) is 0 Å². The van der Waals surface area contributed by atoms with Gasteiger partial charge in [-0.05, 0) is 105 Å². The molecule has 0 unspecified atom stereocenters. The Morgan fingerprint density at radius 3 is 1.97 bits per heavy atom. The summed E-state index contributed by atoms with van der Waals surface area (Å²) in [6.07, 6.45) is 20.5. The minimum atomic E-state index is -0.0266. The van der Waals surface area contributed by atoms with Crippen molar-refractivity contribution in [2.75, 3.05) is 7.11 Å². The number of hydrogen-bond donors (Lipinski definition) is 0. The fourth-order valence-corrected chi connectivity index (χ4v) is 6.52. The Labute approximate surface area is 189 Å². The Bertz CT molecular complexity index is 710. The lowest BCUT2D eigenvalue weighted by atomic mass is 9.69. The first-order chi connectivity index (χ1) is 15.1. The van der Waals surface area contributed by atoms with Crippen molar-refractivity contribution in [1.29, 1.82) is 0 Å². The first-order valence-electron chi connectivity index (χ1n) is 13.0.